The first kappa shape index (κ1) is 22.7. The Kier molecular flexibility index (Phi) is 9.41. The number of rotatable bonds is 5. The highest BCUT2D eigenvalue weighted by atomic mass is 16.6. The average Bonchev–Trinajstić information content (AvgIpc) is 3.23. The van der Waals surface area contributed by atoms with E-state index in [2.05, 4.69) is 5.32 Å². The minimum atomic E-state index is -0.632. The summed E-state index contributed by atoms with van der Waals surface area (Å²) in [6, 6.07) is -0.155. The van der Waals surface area contributed by atoms with E-state index >= 15 is 0 Å². The van der Waals surface area contributed by atoms with E-state index in [0.29, 0.717) is 11.8 Å². The summed E-state index contributed by atoms with van der Waals surface area (Å²) in [6.45, 7) is 7.30. The molecule has 0 heterocycles. The van der Waals surface area contributed by atoms with Gasteiger partial charge in [-0.05, 0) is 58.3 Å². The van der Waals surface area contributed by atoms with Crippen molar-refractivity contribution in [2.24, 2.45) is 17.8 Å². The molecule has 2 rings (SSSR count). The molecule has 0 spiro atoms. The van der Waals surface area contributed by atoms with Gasteiger partial charge in [-0.25, -0.2) is 4.79 Å². The summed E-state index contributed by atoms with van der Waals surface area (Å²) in [7, 11) is 0. The summed E-state index contributed by atoms with van der Waals surface area (Å²) in [4.78, 5) is 22.0. The van der Waals surface area contributed by atoms with Crippen LogP contribution in [0.15, 0.2) is 0 Å². The summed E-state index contributed by atoms with van der Waals surface area (Å²) >= 11 is 0. The van der Waals surface area contributed by atoms with Crippen LogP contribution in [0.3, 0.4) is 0 Å². The number of carboxylic acids is 1. The highest BCUT2D eigenvalue weighted by Gasteiger charge is 2.27. The van der Waals surface area contributed by atoms with Crippen LogP contribution in [-0.4, -0.2) is 40.5 Å². The molecule has 0 aromatic rings. The molecular formula is C20H37NO5. The van der Waals surface area contributed by atoms with Gasteiger partial charge in [0.1, 0.15) is 5.60 Å². The zero-order valence-electron chi connectivity index (χ0n) is 16.8. The molecule has 2 saturated carbocycles. The molecule has 3 N–H and O–H groups in total. The zero-order chi connectivity index (χ0) is 19.7. The van der Waals surface area contributed by atoms with Crippen molar-refractivity contribution in [2.75, 3.05) is 6.61 Å². The van der Waals surface area contributed by atoms with Crippen LogP contribution < -0.4 is 5.32 Å². The summed E-state index contributed by atoms with van der Waals surface area (Å²) in [5.41, 5.74) is -0.486. The molecule has 2 atom stereocenters. The highest BCUT2D eigenvalue weighted by molar-refractivity contribution is 5.69. The predicted octanol–water partition coefficient (Wildman–Crippen LogP) is 3.96. The van der Waals surface area contributed by atoms with Crippen LogP contribution in [0.25, 0.3) is 0 Å². The van der Waals surface area contributed by atoms with Crippen molar-refractivity contribution in [2.45, 2.75) is 90.7 Å². The molecule has 0 unspecified atom stereocenters. The molecule has 0 bridgehead atoms. The summed E-state index contributed by atoms with van der Waals surface area (Å²) in [6.07, 6.45) is 8.81. The molecule has 1 amide bonds. The van der Waals surface area contributed by atoms with Crippen molar-refractivity contribution >= 4 is 12.1 Å². The van der Waals surface area contributed by atoms with Gasteiger partial charge >= 0.3 is 12.1 Å². The number of aliphatic hydroxyl groups is 1. The second kappa shape index (κ2) is 10.8. The summed E-state index contributed by atoms with van der Waals surface area (Å²) in [5.74, 6) is 0.101. The first-order valence-corrected chi connectivity index (χ1v) is 9.97. The number of hydrogen-bond donors (Lipinski definition) is 3. The molecular weight excluding hydrogens is 334 g/mol. The smallest absolute Gasteiger partial charge is 0.407 e. The van der Waals surface area contributed by atoms with Gasteiger partial charge in [-0.15, -0.1) is 0 Å². The maximum Gasteiger partial charge on any atom is 0.407 e. The Balaban J connectivity index is 0.000000289. The molecule has 2 fully saturated rings. The molecule has 0 radical (unpaired) electrons. The molecule has 2 aliphatic carbocycles. The second-order valence-electron chi connectivity index (χ2n) is 8.65. The lowest BCUT2D eigenvalue weighted by atomic mass is 9.93. The molecule has 0 aromatic heterocycles. The third kappa shape index (κ3) is 8.39. The number of carbonyl (C=O) groups excluding carboxylic acids is 1. The van der Waals surface area contributed by atoms with Gasteiger partial charge in [0.25, 0.3) is 0 Å². The Morgan fingerprint density at radius 3 is 1.88 bits per heavy atom. The fraction of sp³-hybridized carbons (Fsp3) is 0.900. The lowest BCUT2D eigenvalue weighted by molar-refractivity contribution is -0.142. The molecule has 6 nitrogen and oxygen atoms in total. The van der Waals surface area contributed by atoms with Crippen molar-refractivity contribution < 1.29 is 24.5 Å². The fourth-order valence-corrected chi connectivity index (χ4v) is 3.79. The lowest BCUT2D eigenvalue weighted by Gasteiger charge is -2.25. The van der Waals surface area contributed by atoms with Crippen LogP contribution in [0, 0.1) is 17.8 Å². The van der Waals surface area contributed by atoms with Crippen molar-refractivity contribution in [3.05, 3.63) is 0 Å². The van der Waals surface area contributed by atoms with Crippen LogP contribution in [0.4, 0.5) is 4.79 Å². The highest BCUT2D eigenvalue weighted by Crippen LogP contribution is 2.31. The largest absolute Gasteiger partial charge is 0.481 e. The predicted molar refractivity (Wildman–Crippen MR) is 101 cm³/mol. The molecule has 6 heteroatoms. The van der Waals surface area contributed by atoms with Gasteiger partial charge in [-0.1, -0.05) is 32.6 Å². The van der Waals surface area contributed by atoms with E-state index in [-0.39, 0.29) is 18.6 Å². The van der Waals surface area contributed by atoms with Gasteiger partial charge in [0.05, 0.1) is 18.6 Å². The third-order valence-electron chi connectivity index (χ3n) is 5.36. The van der Waals surface area contributed by atoms with Crippen LogP contribution in [0.1, 0.15) is 79.1 Å². The van der Waals surface area contributed by atoms with E-state index in [1.165, 1.54) is 25.7 Å². The number of aliphatic carboxylic acids is 1. The van der Waals surface area contributed by atoms with Gasteiger partial charge in [-0.3, -0.25) is 4.79 Å². The fourth-order valence-electron chi connectivity index (χ4n) is 3.79. The number of carbonyl (C=O) groups is 2. The average molecular weight is 372 g/mol. The number of nitrogens with one attached hydrogen (secondary N) is 1. The Morgan fingerprint density at radius 2 is 1.50 bits per heavy atom. The van der Waals surface area contributed by atoms with Crippen LogP contribution >= 0.6 is 0 Å². The molecule has 0 aromatic carbocycles. The van der Waals surface area contributed by atoms with Gasteiger partial charge in [0, 0.05) is 0 Å². The first-order valence-electron chi connectivity index (χ1n) is 9.97. The Bertz CT molecular complexity index is 434. The topological polar surface area (TPSA) is 95.9 Å². The Morgan fingerprint density at radius 1 is 1.04 bits per heavy atom. The number of alkyl carbamates (subject to hydrolysis) is 1. The lowest BCUT2D eigenvalue weighted by Crippen LogP contribution is -2.44. The second-order valence-corrected chi connectivity index (χ2v) is 8.65. The van der Waals surface area contributed by atoms with Crippen molar-refractivity contribution in [1.82, 2.24) is 5.32 Å². The Labute approximate surface area is 157 Å². The molecule has 2 aliphatic rings. The number of ether oxygens (including phenoxy) is 1. The molecule has 152 valence electrons. The maximum atomic E-state index is 11.5. The van der Waals surface area contributed by atoms with Crippen LogP contribution in [-0.2, 0) is 9.53 Å². The monoisotopic (exact) mass is 371 g/mol. The van der Waals surface area contributed by atoms with E-state index in [4.69, 9.17) is 9.84 Å². The van der Waals surface area contributed by atoms with Crippen molar-refractivity contribution in [3.63, 3.8) is 0 Å². The minimum Gasteiger partial charge on any atom is -0.481 e. The van der Waals surface area contributed by atoms with Gasteiger partial charge in [0.2, 0.25) is 0 Å². The van der Waals surface area contributed by atoms with Gasteiger partial charge < -0.3 is 20.3 Å². The minimum absolute atomic E-state index is 0.0100. The van der Waals surface area contributed by atoms with Gasteiger partial charge in [-0.2, -0.15) is 0 Å². The van der Waals surface area contributed by atoms with E-state index < -0.39 is 17.7 Å². The van der Waals surface area contributed by atoms with Crippen molar-refractivity contribution in [3.8, 4) is 0 Å². The summed E-state index contributed by atoms with van der Waals surface area (Å²) in [5, 5.41) is 20.7. The standard InChI is InChI=1S/C12H23NO3.C8H14O2/c1-12(2,3)16-11(15)13-10(8-14)9-6-4-5-7-9;1-6(8(9)10)7-4-2-3-5-7/h9-10,14H,4-8H2,1-3H3,(H,13,15);6-7H,2-5H2,1H3,(H,9,10)/t10-;6-/m00/s1. The Hall–Kier alpha value is -1.30. The van der Waals surface area contributed by atoms with Crippen molar-refractivity contribution in [1.29, 1.82) is 0 Å². The molecule has 26 heavy (non-hydrogen) atoms. The quantitative estimate of drug-likeness (QED) is 0.680. The van der Waals surface area contributed by atoms with E-state index in [1.807, 2.05) is 27.7 Å². The number of hydrogen-bond acceptors (Lipinski definition) is 4. The number of aliphatic hydroxyl groups excluding tert-OH is 1. The SMILES string of the molecule is CC(C)(C)OC(=O)N[C@@H](CO)C1CCCC1.C[C@H](C(=O)O)C1CCCC1. The first-order chi connectivity index (χ1) is 12.1. The van der Waals surface area contributed by atoms with E-state index in [0.717, 1.165) is 25.7 Å². The number of carboxylic acid groups (broad SMARTS) is 1. The third-order valence-corrected chi connectivity index (χ3v) is 5.36. The summed E-state index contributed by atoms with van der Waals surface area (Å²) < 4.78 is 5.17. The van der Waals surface area contributed by atoms with Crippen LogP contribution in [0.5, 0.6) is 0 Å². The van der Waals surface area contributed by atoms with Gasteiger partial charge in [0.15, 0.2) is 0 Å². The van der Waals surface area contributed by atoms with E-state index in [1.54, 1.807) is 0 Å². The molecule has 0 aliphatic heterocycles. The maximum absolute atomic E-state index is 11.5. The normalized spacial score (nSPS) is 20.8. The zero-order valence-corrected chi connectivity index (χ0v) is 16.8. The van der Waals surface area contributed by atoms with Crippen LogP contribution in [0.2, 0.25) is 0 Å². The molecule has 0 saturated heterocycles. The number of amides is 1. The van der Waals surface area contributed by atoms with E-state index in [9.17, 15) is 14.7 Å².